The van der Waals surface area contributed by atoms with E-state index in [0.717, 1.165) is 32.9 Å². The largest absolute Gasteiger partial charge is 0.419 e. The standard InChI is InChI=1S/C20H20F5N5/c1-10-5-4-6-30(9-10)19-26-8-13-17(28-29(3)18(13)27-19)12-7-14(20(23,24)25)16(22)11(2)15(12)21/h7-8,10H,4-6,9H2,1-3H3. The number of fused-ring (bicyclic) bond motifs is 1. The van der Waals surface area contributed by atoms with Gasteiger partial charge in [0.1, 0.15) is 17.3 Å². The zero-order valence-corrected chi connectivity index (χ0v) is 16.7. The average molecular weight is 425 g/mol. The van der Waals surface area contributed by atoms with Crippen LogP contribution in [0.1, 0.15) is 30.9 Å². The van der Waals surface area contributed by atoms with Crippen molar-refractivity contribution < 1.29 is 22.0 Å². The minimum absolute atomic E-state index is 0.0582. The lowest BCUT2D eigenvalue weighted by atomic mass is 10.0. The van der Waals surface area contributed by atoms with E-state index in [9.17, 15) is 22.0 Å². The second kappa shape index (κ2) is 7.17. The number of benzene rings is 1. The molecule has 30 heavy (non-hydrogen) atoms. The maximum Gasteiger partial charge on any atom is 0.419 e. The smallest absolute Gasteiger partial charge is 0.341 e. The molecule has 160 valence electrons. The van der Waals surface area contributed by atoms with Crippen LogP contribution in [0.4, 0.5) is 27.9 Å². The Bertz CT molecular complexity index is 1120. The first-order valence-corrected chi connectivity index (χ1v) is 9.58. The van der Waals surface area contributed by atoms with Crippen LogP contribution in [0.15, 0.2) is 12.3 Å². The maximum atomic E-state index is 14.8. The Kier molecular flexibility index (Phi) is 4.90. The van der Waals surface area contributed by atoms with Gasteiger partial charge in [-0.1, -0.05) is 6.92 Å². The van der Waals surface area contributed by atoms with Crippen molar-refractivity contribution in [3.8, 4) is 11.3 Å². The van der Waals surface area contributed by atoms with Gasteiger partial charge in [-0.15, -0.1) is 0 Å². The average Bonchev–Trinajstić information content (AvgIpc) is 3.01. The second-order valence-corrected chi connectivity index (χ2v) is 7.80. The van der Waals surface area contributed by atoms with E-state index in [2.05, 4.69) is 22.0 Å². The van der Waals surface area contributed by atoms with E-state index < -0.39 is 34.5 Å². The molecule has 1 saturated heterocycles. The van der Waals surface area contributed by atoms with Crippen LogP contribution in [0.3, 0.4) is 0 Å². The van der Waals surface area contributed by atoms with Gasteiger partial charge < -0.3 is 4.90 Å². The molecule has 2 aromatic heterocycles. The second-order valence-electron chi connectivity index (χ2n) is 7.80. The summed E-state index contributed by atoms with van der Waals surface area (Å²) in [7, 11) is 1.57. The van der Waals surface area contributed by atoms with Crippen LogP contribution in [0, 0.1) is 24.5 Å². The monoisotopic (exact) mass is 425 g/mol. The van der Waals surface area contributed by atoms with E-state index in [4.69, 9.17) is 0 Å². The van der Waals surface area contributed by atoms with Crippen LogP contribution >= 0.6 is 0 Å². The molecule has 0 radical (unpaired) electrons. The molecule has 1 aliphatic rings. The summed E-state index contributed by atoms with van der Waals surface area (Å²) < 4.78 is 69.9. The third-order valence-corrected chi connectivity index (χ3v) is 5.49. The Morgan fingerprint density at radius 1 is 1.17 bits per heavy atom. The van der Waals surface area contributed by atoms with E-state index in [1.807, 2.05) is 4.90 Å². The molecule has 0 spiro atoms. The van der Waals surface area contributed by atoms with Gasteiger partial charge in [0.15, 0.2) is 5.65 Å². The third kappa shape index (κ3) is 3.37. The minimum Gasteiger partial charge on any atom is -0.341 e. The first-order valence-electron chi connectivity index (χ1n) is 9.58. The number of aryl methyl sites for hydroxylation is 1. The number of nitrogens with zero attached hydrogens (tertiary/aromatic N) is 5. The molecular weight excluding hydrogens is 405 g/mol. The number of halogens is 5. The molecule has 1 atom stereocenters. The summed E-state index contributed by atoms with van der Waals surface area (Å²) in [6, 6.07) is 0.458. The Morgan fingerprint density at radius 2 is 1.90 bits per heavy atom. The van der Waals surface area contributed by atoms with Crippen molar-refractivity contribution in [2.45, 2.75) is 32.9 Å². The van der Waals surface area contributed by atoms with Gasteiger partial charge in [-0.25, -0.2) is 18.4 Å². The van der Waals surface area contributed by atoms with E-state index >= 15 is 0 Å². The number of anilines is 1. The highest BCUT2D eigenvalue weighted by Gasteiger charge is 2.37. The first-order chi connectivity index (χ1) is 14.1. The summed E-state index contributed by atoms with van der Waals surface area (Å²) >= 11 is 0. The molecule has 1 unspecified atom stereocenters. The molecule has 0 saturated carbocycles. The topological polar surface area (TPSA) is 46.8 Å². The van der Waals surface area contributed by atoms with Crippen molar-refractivity contribution >= 4 is 17.0 Å². The summed E-state index contributed by atoms with van der Waals surface area (Å²) in [5, 5.41) is 4.48. The molecule has 4 rings (SSSR count). The predicted molar refractivity (Wildman–Crippen MR) is 102 cm³/mol. The maximum absolute atomic E-state index is 14.8. The lowest BCUT2D eigenvalue weighted by Gasteiger charge is -2.30. The molecule has 3 aromatic rings. The van der Waals surface area contributed by atoms with Crippen LogP contribution in [0.2, 0.25) is 0 Å². The molecule has 1 aliphatic heterocycles. The van der Waals surface area contributed by atoms with Gasteiger partial charge in [-0.3, -0.25) is 0 Å². The molecule has 1 fully saturated rings. The highest BCUT2D eigenvalue weighted by Crippen LogP contribution is 2.39. The molecule has 0 bridgehead atoms. The van der Waals surface area contributed by atoms with E-state index in [-0.39, 0.29) is 5.69 Å². The summed E-state index contributed by atoms with van der Waals surface area (Å²) in [6.45, 7) is 4.73. The molecule has 10 heteroatoms. The zero-order valence-electron chi connectivity index (χ0n) is 16.7. The molecule has 1 aromatic carbocycles. The summed E-state index contributed by atoms with van der Waals surface area (Å²) in [4.78, 5) is 10.9. The Morgan fingerprint density at radius 3 is 2.57 bits per heavy atom. The summed E-state index contributed by atoms with van der Waals surface area (Å²) in [5.41, 5.74) is -2.37. The number of piperidine rings is 1. The third-order valence-electron chi connectivity index (χ3n) is 5.49. The Balaban J connectivity index is 1.86. The van der Waals surface area contributed by atoms with Gasteiger partial charge >= 0.3 is 6.18 Å². The predicted octanol–water partition coefficient (Wildman–Crippen LogP) is 4.87. The summed E-state index contributed by atoms with van der Waals surface area (Å²) in [5.74, 6) is -1.72. The highest BCUT2D eigenvalue weighted by atomic mass is 19.4. The molecule has 0 amide bonds. The van der Waals surface area contributed by atoms with Crippen LogP contribution in [0.5, 0.6) is 0 Å². The van der Waals surface area contributed by atoms with Crippen molar-refractivity contribution in [3.05, 3.63) is 35.0 Å². The molecule has 5 nitrogen and oxygen atoms in total. The SMILES string of the molecule is Cc1c(F)c(-c2nn(C)c3nc(N4CCCC(C)C4)ncc23)cc(C(F)(F)F)c1F. The van der Waals surface area contributed by atoms with Crippen molar-refractivity contribution in [2.24, 2.45) is 13.0 Å². The fourth-order valence-electron chi connectivity index (χ4n) is 3.90. The van der Waals surface area contributed by atoms with Crippen molar-refractivity contribution in [1.29, 1.82) is 0 Å². The Hall–Kier alpha value is -2.78. The normalized spacial score (nSPS) is 17.7. The van der Waals surface area contributed by atoms with Gasteiger partial charge in [0.05, 0.1) is 10.9 Å². The lowest BCUT2D eigenvalue weighted by Crippen LogP contribution is -2.35. The van der Waals surface area contributed by atoms with Gasteiger partial charge in [0.2, 0.25) is 5.95 Å². The highest BCUT2D eigenvalue weighted by molar-refractivity contribution is 5.91. The Labute approximate surface area is 169 Å². The van der Waals surface area contributed by atoms with Crippen molar-refractivity contribution in [3.63, 3.8) is 0 Å². The number of aromatic nitrogens is 4. The zero-order chi connectivity index (χ0) is 21.8. The minimum atomic E-state index is -4.96. The number of rotatable bonds is 2. The molecule has 3 heterocycles. The number of hydrogen-bond acceptors (Lipinski definition) is 4. The van der Waals surface area contributed by atoms with Crippen LogP contribution in [0.25, 0.3) is 22.3 Å². The van der Waals surface area contributed by atoms with Gasteiger partial charge in [0.25, 0.3) is 0 Å². The molecule has 0 N–H and O–H groups in total. The first kappa shape index (κ1) is 20.5. The van der Waals surface area contributed by atoms with Gasteiger partial charge in [-0.2, -0.15) is 23.3 Å². The molecule has 0 aliphatic carbocycles. The van der Waals surface area contributed by atoms with E-state index in [1.54, 1.807) is 7.05 Å². The number of alkyl halides is 3. The fourth-order valence-corrected chi connectivity index (χ4v) is 3.90. The van der Waals surface area contributed by atoms with E-state index in [0.29, 0.717) is 29.0 Å². The van der Waals surface area contributed by atoms with Gasteiger partial charge in [-0.05, 0) is 31.7 Å². The van der Waals surface area contributed by atoms with Gasteiger partial charge in [0, 0.05) is 37.5 Å². The lowest BCUT2D eigenvalue weighted by molar-refractivity contribution is -0.140. The van der Waals surface area contributed by atoms with E-state index in [1.165, 1.54) is 10.9 Å². The number of hydrogen-bond donors (Lipinski definition) is 0. The quantitative estimate of drug-likeness (QED) is 0.550. The summed E-state index contributed by atoms with van der Waals surface area (Å²) in [6.07, 6.45) is -1.39. The van der Waals surface area contributed by atoms with Crippen LogP contribution < -0.4 is 4.90 Å². The molecular formula is C20H20F5N5. The van der Waals surface area contributed by atoms with Crippen molar-refractivity contribution in [2.75, 3.05) is 18.0 Å². The van der Waals surface area contributed by atoms with Crippen molar-refractivity contribution in [1.82, 2.24) is 19.7 Å². The van der Waals surface area contributed by atoms with Crippen LogP contribution in [-0.2, 0) is 13.2 Å². The van der Waals surface area contributed by atoms with Crippen LogP contribution in [-0.4, -0.2) is 32.8 Å². The fraction of sp³-hybridized carbons (Fsp3) is 0.450.